The highest BCUT2D eigenvalue weighted by Crippen LogP contribution is 2.70. The van der Waals surface area contributed by atoms with Crippen molar-refractivity contribution < 1.29 is 13.2 Å². The molecule has 1 aliphatic rings. The second-order valence-corrected chi connectivity index (χ2v) is 7.99. The molecule has 0 saturated heterocycles. The van der Waals surface area contributed by atoms with E-state index in [-0.39, 0.29) is 0 Å². The van der Waals surface area contributed by atoms with Crippen molar-refractivity contribution in [3.05, 3.63) is 48.5 Å². The van der Waals surface area contributed by atoms with Gasteiger partial charge in [-0.1, -0.05) is 36.4 Å². The Bertz CT molecular complexity index is 571. The van der Waals surface area contributed by atoms with Crippen LogP contribution >= 0.6 is 7.26 Å². The smallest absolute Gasteiger partial charge is 0.134 e. The van der Waals surface area contributed by atoms with Crippen LogP contribution in [0.25, 0.3) is 11.1 Å². The van der Waals surface area contributed by atoms with Crippen molar-refractivity contribution in [3.8, 4) is 11.1 Å². The van der Waals surface area contributed by atoms with Gasteiger partial charge in [0.2, 0.25) is 0 Å². The predicted octanol–water partition coefficient (Wildman–Crippen LogP) is 3.79. The predicted molar refractivity (Wildman–Crippen MR) is 70.0 cm³/mol. The van der Waals surface area contributed by atoms with Crippen LogP contribution in [0.3, 0.4) is 0 Å². The molecule has 0 N–H and O–H groups in total. The zero-order valence-electron chi connectivity index (χ0n) is 9.70. The van der Waals surface area contributed by atoms with Crippen molar-refractivity contribution in [2.75, 3.05) is 6.66 Å². The number of alkyl halides is 3. The lowest BCUT2D eigenvalue weighted by Gasteiger charge is -2.20. The molecule has 0 atom stereocenters. The summed E-state index contributed by atoms with van der Waals surface area (Å²) in [6.07, 6.45) is 0. The molecule has 2 aromatic carbocycles. The molecule has 0 bridgehead atoms. The molecule has 0 aliphatic carbocycles. The van der Waals surface area contributed by atoms with E-state index >= 15 is 0 Å². The maximum absolute atomic E-state index is 13.6. The summed E-state index contributed by atoms with van der Waals surface area (Å²) < 4.78 is 40.7. The standard InChI is InChI=1S/C14H11F3P/c1-18(14(15,16)17)12-8-4-2-6-10(12)11-7-3-5-9-13(11)18/h2-9H,1H3/q+1. The third-order valence-corrected chi connectivity index (χ3v) is 7.29. The van der Waals surface area contributed by atoms with E-state index in [0.29, 0.717) is 10.6 Å². The topological polar surface area (TPSA) is 0 Å². The third kappa shape index (κ3) is 1.31. The molecule has 0 aromatic heterocycles. The maximum Gasteiger partial charge on any atom is 0.518 e. The molecule has 2 aromatic rings. The van der Waals surface area contributed by atoms with Crippen molar-refractivity contribution >= 4 is 17.9 Å². The molecule has 0 unspecified atom stereocenters. The number of hydrogen-bond acceptors (Lipinski definition) is 0. The summed E-state index contributed by atoms with van der Waals surface area (Å²) >= 11 is 0. The highest BCUT2D eigenvalue weighted by atomic mass is 31.2. The van der Waals surface area contributed by atoms with E-state index < -0.39 is 13.2 Å². The summed E-state index contributed by atoms with van der Waals surface area (Å²) in [6.45, 7) is 1.37. The van der Waals surface area contributed by atoms with Gasteiger partial charge in [0, 0.05) is 11.1 Å². The second-order valence-electron chi connectivity index (χ2n) is 4.51. The molecule has 3 rings (SSSR count). The Labute approximate surface area is 104 Å². The monoisotopic (exact) mass is 267 g/mol. The molecular weight excluding hydrogens is 256 g/mol. The van der Waals surface area contributed by atoms with Crippen LogP contribution in [0, 0.1) is 0 Å². The fourth-order valence-corrected chi connectivity index (χ4v) is 5.51. The van der Waals surface area contributed by atoms with E-state index in [4.69, 9.17) is 0 Å². The molecule has 0 spiro atoms. The molecule has 0 fully saturated rings. The summed E-state index contributed by atoms with van der Waals surface area (Å²) in [7, 11) is -3.28. The van der Waals surface area contributed by atoms with Gasteiger partial charge in [-0.25, -0.2) is 0 Å². The van der Waals surface area contributed by atoms with Gasteiger partial charge in [-0.15, -0.1) is 13.2 Å². The van der Waals surface area contributed by atoms with Gasteiger partial charge in [-0.05, 0) is 12.1 Å². The zero-order valence-corrected chi connectivity index (χ0v) is 10.6. The second kappa shape index (κ2) is 3.58. The Morgan fingerprint density at radius 2 is 1.17 bits per heavy atom. The SMILES string of the molecule is C[P+]1(C(F)(F)F)c2ccccc2-c2ccccc21. The molecular formula is C14H11F3P+. The average molecular weight is 267 g/mol. The number of rotatable bonds is 0. The third-order valence-electron chi connectivity index (χ3n) is 3.57. The van der Waals surface area contributed by atoms with Crippen LogP contribution in [0.2, 0.25) is 0 Å². The van der Waals surface area contributed by atoms with Gasteiger partial charge in [0.25, 0.3) is 0 Å². The molecule has 92 valence electrons. The quantitative estimate of drug-likeness (QED) is 0.637. The van der Waals surface area contributed by atoms with Crippen LogP contribution < -0.4 is 10.6 Å². The minimum absolute atomic E-state index is 0.457. The van der Waals surface area contributed by atoms with E-state index in [0.717, 1.165) is 11.1 Å². The van der Waals surface area contributed by atoms with E-state index in [1.165, 1.54) is 6.66 Å². The highest BCUT2D eigenvalue weighted by Gasteiger charge is 2.66. The van der Waals surface area contributed by atoms with Gasteiger partial charge in [0.15, 0.2) is 7.26 Å². The molecule has 18 heavy (non-hydrogen) atoms. The first-order valence-electron chi connectivity index (χ1n) is 5.59. The lowest BCUT2D eigenvalue weighted by molar-refractivity contribution is -0.0406. The normalized spacial score (nSPS) is 16.2. The Hall–Kier alpha value is -1.34. The van der Waals surface area contributed by atoms with Crippen LogP contribution in [0.15, 0.2) is 48.5 Å². The number of benzene rings is 2. The summed E-state index contributed by atoms with van der Waals surface area (Å²) in [5.74, 6) is -4.18. The zero-order chi connectivity index (χ0) is 13.0. The highest BCUT2D eigenvalue weighted by molar-refractivity contribution is 7.90. The van der Waals surface area contributed by atoms with Gasteiger partial charge in [-0.3, -0.25) is 0 Å². The largest absolute Gasteiger partial charge is 0.518 e. The lowest BCUT2D eigenvalue weighted by atomic mass is 10.1. The van der Waals surface area contributed by atoms with Gasteiger partial charge < -0.3 is 0 Å². The minimum Gasteiger partial charge on any atom is -0.134 e. The average Bonchev–Trinajstić information content (AvgIpc) is 2.62. The minimum atomic E-state index is -4.18. The van der Waals surface area contributed by atoms with E-state index in [9.17, 15) is 13.2 Å². The molecule has 1 heterocycles. The first-order chi connectivity index (χ1) is 8.46. The molecule has 0 saturated carbocycles. The maximum atomic E-state index is 13.6. The van der Waals surface area contributed by atoms with Gasteiger partial charge in [0.1, 0.15) is 10.6 Å². The Morgan fingerprint density at radius 3 is 1.56 bits per heavy atom. The number of fused-ring (bicyclic) bond motifs is 3. The molecule has 1 aliphatic heterocycles. The van der Waals surface area contributed by atoms with Crippen molar-refractivity contribution in [2.45, 2.75) is 5.92 Å². The summed E-state index contributed by atoms with van der Waals surface area (Å²) in [5, 5.41) is 0.914. The van der Waals surface area contributed by atoms with E-state index in [1.54, 1.807) is 48.5 Å². The Morgan fingerprint density at radius 1 is 0.778 bits per heavy atom. The first kappa shape index (κ1) is 11.7. The number of halogens is 3. The van der Waals surface area contributed by atoms with Crippen LogP contribution in [0.1, 0.15) is 0 Å². The molecule has 0 nitrogen and oxygen atoms in total. The summed E-state index contributed by atoms with van der Waals surface area (Å²) in [5.41, 5.74) is 1.47. The number of hydrogen-bond donors (Lipinski definition) is 0. The van der Waals surface area contributed by atoms with Crippen molar-refractivity contribution in [1.82, 2.24) is 0 Å². The van der Waals surface area contributed by atoms with Crippen LogP contribution in [0.4, 0.5) is 13.2 Å². The van der Waals surface area contributed by atoms with Crippen LogP contribution in [-0.4, -0.2) is 12.6 Å². The fraction of sp³-hybridized carbons (Fsp3) is 0.143. The van der Waals surface area contributed by atoms with Gasteiger partial charge in [-0.2, -0.15) is 0 Å². The Kier molecular flexibility index (Phi) is 2.33. The van der Waals surface area contributed by atoms with Gasteiger partial charge in [0.05, 0.1) is 6.66 Å². The molecule has 0 radical (unpaired) electrons. The summed E-state index contributed by atoms with van der Waals surface area (Å²) in [6, 6.07) is 13.8. The van der Waals surface area contributed by atoms with Crippen molar-refractivity contribution in [3.63, 3.8) is 0 Å². The fourth-order valence-electron chi connectivity index (χ4n) is 2.59. The van der Waals surface area contributed by atoms with E-state index in [2.05, 4.69) is 0 Å². The van der Waals surface area contributed by atoms with Crippen LogP contribution in [0.5, 0.6) is 0 Å². The van der Waals surface area contributed by atoms with Gasteiger partial charge >= 0.3 is 5.92 Å². The van der Waals surface area contributed by atoms with Crippen molar-refractivity contribution in [2.24, 2.45) is 0 Å². The van der Waals surface area contributed by atoms with Crippen LogP contribution in [-0.2, 0) is 0 Å². The first-order valence-corrected chi connectivity index (χ1v) is 7.83. The van der Waals surface area contributed by atoms with E-state index in [1.807, 2.05) is 0 Å². The summed E-state index contributed by atoms with van der Waals surface area (Å²) in [4.78, 5) is 0. The molecule has 4 heteroatoms. The molecule has 0 amide bonds. The van der Waals surface area contributed by atoms with Crippen molar-refractivity contribution in [1.29, 1.82) is 0 Å². The lowest BCUT2D eigenvalue weighted by Crippen LogP contribution is -2.29. The Balaban J connectivity index is 2.41.